The van der Waals surface area contributed by atoms with Crippen molar-refractivity contribution in [2.24, 2.45) is 5.92 Å². The lowest BCUT2D eigenvalue weighted by molar-refractivity contribution is -0.136. The van der Waals surface area contributed by atoms with E-state index in [2.05, 4.69) is 13.0 Å². The van der Waals surface area contributed by atoms with Crippen molar-refractivity contribution in [2.45, 2.75) is 33.4 Å². The van der Waals surface area contributed by atoms with Gasteiger partial charge >= 0.3 is 0 Å². The fourth-order valence-electron chi connectivity index (χ4n) is 3.49. The fourth-order valence-corrected chi connectivity index (χ4v) is 3.49. The summed E-state index contributed by atoms with van der Waals surface area (Å²) in [5.74, 6) is -0.0884. The summed E-state index contributed by atoms with van der Waals surface area (Å²) >= 11 is 0. The van der Waals surface area contributed by atoms with Gasteiger partial charge in [0, 0.05) is 32.6 Å². The number of nitrogens with zero attached hydrogens (tertiary/aromatic N) is 2. The van der Waals surface area contributed by atoms with Gasteiger partial charge in [0.05, 0.1) is 5.92 Å². The highest BCUT2D eigenvalue weighted by molar-refractivity contribution is 5.89. The Hall–Kier alpha value is -2.62. The Balaban J connectivity index is 1.65. The number of hydrogen-bond acceptors (Lipinski definition) is 2. The Bertz CT molecular complexity index is 773. The fraction of sp³-hybridized carbons (Fsp3) is 0.364. The molecule has 0 aliphatic carbocycles. The lowest BCUT2D eigenvalue weighted by atomic mass is 10.1. The van der Waals surface area contributed by atoms with Crippen molar-refractivity contribution in [3.05, 3.63) is 71.3 Å². The summed E-state index contributed by atoms with van der Waals surface area (Å²) in [7, 11) is 0. The number of benzene rings is 2. The number of amides is 2. The van der Waals surface area contributed by atoms with Gasteiger partial charge in [-0.25, -0.2) is 0 Å². The summed E-state index contributed by atoms with van der Waals surface area (Å²) < 4.78 is 0. The minimum atomic E-state index is -0.241. The molecule has 1 heterocycles. The maximum Gasteiger partial charge on any atom is 0.228 e. The lowest BCUT2D eigenvalue weighted by Crippen LogP contribution is -2.36. The average molecular weight is 350 g/mol. The molecule has 1 aliphatic rings. The molecule has 136 valence electrons. The number of aryl methyl sites for hydroxylation is 1. The Kier molecular flexibility index (Phi) is 5.71. The summed E-state index contributed by atoms with van der Waals surface area (Å²) in [6, 6.07) is 18.1. The first-order valence-electron chi connectivity index (χ1n) is 9.23. The van der Waals surface area contributed by atoms with Crippen molar-refractivity contribution in [1.82, 2.24) is 9.80 Å². The molecule has 2 aromatic rings. The molecule has 4 heteroatoms. The van der Waals surface area contributed by atoms with E-state index in [9.17, 15) is 9.59 Å². The summed E-state index contributed by atoms with van der Waals surface area (Å²) in [5.41, 5.74) is 3.43. The highest BCUT2D eigenvalue weighted by Gasteiger charge is 2.36. The van der Waals surface area contributed by atoms with Gasteiger partial charge in [0.2, 0.25) is 11.8 Å². The van der Waals surface area contributed by atoms with E-state index in [1.54, 1.807) is 0 Å². The smallest absolute Gasteiger partial charge is 0.228 e. The van der Waals surface area contributed by atoms with E-state index in [0.717, 1.165) is 11.1 Å². The van der Waals surface area contributed by atoms with Gasteiger partial charge < -0.3 is 9.80 Å². The number of carbonyl (C=O) groups excluding carboxylic acids is 2. The first kappa shape index (κ1) is 18.2. The zero-order chi connectivity index (χ0) is 18.5. The van der Waals surface area contributed by atoms with Crippen LogP contribution in [0.1, 0.15) is 30.0 Å². The van der Waals surface area contributed by atoms with Gasteiger partial charge in [-0.05, 0) is 30.5 Å². The van der Waals surface area contributed by atoms with Gasteiger partial charge in [-0.3, -0.25) is 9.59 Å². The predicted molar refractivity (Wildman–Crippen MR) is 102 cm³/mol. The van der Waals surface area contributed by atoms with Crippen LogP contribution in [0.2, 0.25) is 0 Å². The van der Waals surface area contributed by atoms with Crippen molar-refractivity contribution in [3.63, 3.8) is 0 Å². The van der Waals surface area contributed by atoms with Crippen LogP contribution in [0.15, 0.2) is 54.6 Å². The third-order valence-electron chi connectivity index (χ3n) is 5.10. The van der Waals surface area contributed by atoms with Crippen LogP contribution in [-0.4, -0.2) is 34.7 Å². The standard InChI is InChI=1S/C22H26N2O2/c1-3-23(14-18-10-5-4-6-11-18)22(26)20-13-21(25)24(16-20)15-19-12-8-7-9-17(19)2/h4-12,20H,3,13-16H2,1-2H3. The van der Waals surface area contributed by atoms with Gasteiger partial charge in [0.1, 0.15) is 0 Å². The van der Waals surface area contributed by atoms with E-state index in [1.165, 1.54) is 5.56 Å². The van der Waals surface area contributed by atoms with Gasteiger partial charge in [0.25, 0.3) is 0 Å². The van der Waals surface area contributed by atoms with Gasteiger partial charge in [-0.1, -0.05) is 54.6 Å². The number of carbonyl (C=O) groups is 2. The molecule has 1 saturated heterocycles. The van der Waals surface area contributed by atoms with E-state index in [1.807, 2.05) is 65.3 Å². The second-order valence-electron chi connectivity index (χ2n) is 6.94. The van der Waals surface area contributed by atoms with Crippen molar-refractivity contribution in [3.8, 4) is 0 Å². The molecule has 0 bridgehead atoms. The van der Waals surface area contributed by atoms with Crippen molar-refractivity contribution in [2.75, 3.05) is 13.1 Å². The first-order valence-corrected chi connectivity index (χ1v) is 9.23. The number of hydrogen-bond donors (Lipinski definition) is 0. The van der Waals surface area contributed by atoms with Gasteiger partial charge in [0.15, 0.2) is 0 Å². The molecule has 1 fully saturated rings. The maximum atomic E-state index is 12.9. The maximum absolute atomic E-state index is 12.9. The van der Waals surface area contributed by atoms with E-state index in [-0.39, 0.29) is 17.7 Å². The third-order valence-corrected chi connectivity index (χ3v) is 5.10. The number of likely N-dealkylation sites (tertiary alicyclic amines) is 1. The first-order chi connectivity index (χ1) is 12.6. The molecule has 1 aliphatic heterocycles. The highest BCUT2D eigenvalue weighted by atomic mass is 16.2. The molecule has 0 spiro atoms. The summed E-state index contributed by atoms with van der Waals surface area (Å²) in [6.07, 6.45) is 0.315. The van der Waals surface area contributed by atoms with Crippen LogP contribution in [-0.2, 0) is 22.7 Å². The monoisotopic (exact) mass is 350 g/mol. The third kappa shape index (κ3) is 4.13. The minimum absolute atomic E-state index is 0.0716. The van der Waals surface area contributed by atoms with Crippen molar-refractivity contribution >= 4 is 11.8 Å². The predicted octanol–water partition coefficient (Wildman–Crippen LogP) is 3.39. The number of rotatable bonds is 6. The molecule has 2 amide bonds. The van der Waals surface area contributed by atoms with Crippen molar-refractivity contribution < 1.29 is 9.59 Å². The molecular weight excluding hydrogens is 324 g/mol. The average Bonchev–Trinajstić information content (AvgIpc) is 3.02. The largest absolute Gasteiger partial charge is 0.338 e. The lowest BCUT2D eigenvalue weighted by Gasteiger charge is -2.24. The normalized spacial score (nSPS) is 16.8. The van der Waals surface area contributed by atoms with Crippen LogP contribution < -0.4 is 0 Å². The molecule has 0 saturated carbocycles. The Labute approximate surface area is 155 Å². The molecule has 2 aromatic carbocycles. The molecule has 26 heavy (non-hydrogen) atoms. The van der Waals surface area contributed by atoms with Gasteiger partial charge in [-0.2, -0.15) is 0 Å². The van der Waals surface area contributed by atoms with Crippen LogP contribution in [0.4, 0.5) is 0 Å². The summed E-state index contributed by atoms with van der Waals surface area (Å²) in [6.45, 7) is 6.38. The molecule has 3 rings (SSSR count). The topological polar surface area (TPSA) is 40.6 Å². The zero-order valence-corrected chi connectivity index (χ0v) is 15.5. The van der Waals surface area contributed by atoms with Crippen LogP contribution >= 0.6 is 0 Å². The SMILES string of the molecule is CCN(Cc1ccccc1)C(=O)C1CC(=O)N(Cc2ccccc2C)C1. The second-order valence-corrected chi connectivity index (χ2v) is 6.94. The molecule has 0 aromatic heterocycles. The molecular formula is C22H26N2O2. The highest BCUT2D eigenvalue weighted by Crippen LogP contribution is 2.24. The van der Waals surface area contributed by atoms with Crippen LogP contribution in [0, 0.1) is 12.8 Å². The van der Waals surface area contributed by atoms with Crippen LogP contribution in [0.3, 0.4) is 0 Å². The Morgan fingerprint density at radius 2 is 1.81 bits per heavy atom. The molecule has 0 N–H and O–H groups in total. The Morgan fingerprint density at radius 3 is 2.50 bits per heavy atom. The second kappa shape index (κ2) is 8.17. The Morgan fingerprint density at radius 1 is 1.12 bits per heavy atom. The quantitative estimate of drug-likeness (QED) is 0.801. The molecule has 0 radical (unpaired) electrons. The van der Waals surface area contributed by atoms with Gasteiger partial charge in [-0.15, -0.1) is 0 Å². The minimum Gasteiger partial charge on any atom is -0.338 e. The van der Waals surface area contributed by atoms with Crippen LogP contribution in [0.5, 0.6) is 0 Å². The summed E-state index contributed by atoms with van der Waals surface area (Å²) in [5, 5.41) is 0. The zero-order valence-electron chi connectivity index (χ0n) is 15.5. The van der Waals surface area contributed by atoms with E-state index in [0.29, 0.717) is 32.6 Å². The molecule has 1 unspecified atom stereocenters. The van der Waals surface area contributed by atoms with E-state index < -0.39 is 0 Å². The van der Waals surface area contributed by atoms with Crippen molar-refractivity contribution in [1.29, 1.82) is 0 Å². The van der Waals surface area contributed by atoms with E-state index >= 15 is 0 Å². The molecule has 4 nitrogen and oxygen atoms in total. The van der Waals surface area contributed by atoms with E-state index in [4.69, 9.17) is 0 Å². The van der Waals surface area contributed by atoms with Crippen LogP contribution in [0.25, 0.3) is 0 Å². The molecule has 1 atom stereocenters. The summed E-state index contributed by atoms with van der Waals surface area (Å²) in [4.78, 5) is 29.0.